The summed E-state index contributed by atoms with van der Waals surface area (Å²) in [6.45, 7) is 8.05. The average Bonchev–Trinajstić information content (AvgIpc) is 2.58. The van der Waals surface area contributed by atoms with E-state index in [-0.39, 0.29) is 0 Å². The number of hydrogen-bond acceptors (Lipinski definition) is 0. The van der Waals surface area contributed by atoms with E-state index in [1.807, 2.05) is 6.08 Å². The third kappa shape index (κ3) is 3.01. The summed E-state index contributed by atoms with van der Waals surface area (Å²) in [5.41, 5.74) is 2.67. The fourth-order valence-electron chi connectivity index (χ4n) is 2.76. The molecule has 0 spiro atoms. The standard InChI is InChI=1S/C22H20/c1-3-18-11-13-19(14-12-18)7-6-9-20-15-16-21-8-4-5-10-22(21)17(20)2/h3-11,13,15-16H,1-2,12,14H2/b7-6+,20-9+. The molecule has 0 unspecified atom stereocenters. The Kier molecular flexibility index (Phi) is 4.20. The molecule has 108 valence electrons. The zero-order valence-electron chi connectivity index (χ0n) is 12.8. The molecule has 0 aromatic heterocycles. The normalized spacial score (nSPS) is 15.9. The Morgan fingerprint density at radius 1 is 0.909 bits per heavy atom. The van der Waals surface area contributed by atoms with Crippen LogP contribution >= 0.6 is 0 Å². The Morgan fingerprint density at radius 2 is 1.68 bits per heavy atom. The first-order chi connectivity index (χ1) is 10.8. The van der Waals surface area contributed by atoms with Gasteiger partial charge in [-0.3, -0.25) is 0 Å². The Hall–Kier alpha value is -2.60. The molecule has 2 aromatic rings. The van der Waals surface area contributed by atoms with Crippen LogP contribution in [0, 0.1) is 0 Å². The van der Waals surface area contributed by atoms with Crippen LogP contribution in [0.15, 0.2) is 84.5 Å². The highest BCUT2D eigenvalue weighted by Gasteiger charge is 2.00. The Bertz CT molecular complexity index is 905. The number of rotatable bonds is 3. The molecular weight excluding hydrogens is 264 g/mol. The summed E-state index contributed by atoms with van der Waals surface area (Å²) in [5, 5.41) is 4.73. The van der Waals surface area contributed by atoms with Gasteiger partial charge in [-0.15, -0.1) is 0 Å². The van der Waals surface area contributed by atoms with E-state index < -0.39 is 0 Å². The van der Waals surface area contributed by atoms with Crippen LogP contribution in [0.3, 0.4) is 0 Å². The van der Waals surface area contributed by atoms with Crippen molar-refractivity contribution in [3.05, 3.63) is 94.9 Å². The lowest BCUT2D eigenvalue weighted by Gasteiger charge is -2.08. The molecule has 0 amide bonds. The number of hydrogen-bond donors (Lipinski definition) is 0. The van der Waals surface area contributed by atoms with Crippen molar-refractivity contribution in [1.29, 1.82) is 0 Å². The van der Waals surface area contributed by atoms with Crippen LogP contribution in [0.2, 0.25) is 0 Å². The largest absolute Gasteiger partial charge is 0.0988 e. The van der Waals surface area contributed by atoms with Crippen LogP contribution in [0.25, 0.3) is 23.4 Å². The van der Waals surface area contributed by atoms with E-state index in [1.54, 1.807) is 0 Å². The van der Waals surface area contributed by atoms with Gasteiger partial charge < -0.3 is 0 Å². The number of benzene rings is 2. The van der Waals surface area contributed by atoms with Gasteiger partial charge in [-0.2, -0.15) is 0 Å². The topological polar surface area (TPSA) is 0 Å². The molecule has 1 aliphatic carbocycles. The lowest BCUT2D eigenvalue weighted by molar-refractivity contribution is 0.953. The van der Waals surface area contributed by atoms with Gasteiger partial charge in [0, 0.05) is 0 Å². The van der Waals surface area contributed by atoms with Crippen molar-refractivity contribution in [3.63, 3.8) is 0 Å². The molecule has 22 heavy (non-hydrogen) atoms. The molecule has 0 heteroatoms. The summed E-state index contributed by atoms with van der Waals surface area (Å²) in [5.74, 6) is 0. The summed E-state index contributed by atoms with van der Waals surface area (Å²) in [7, 11) is 0. The van der Waals surface area contributed by atoms with Crippen molar-refractivity contribution >= 4 is 23.4 Å². The van der Waals surface area contributed by atoms with Crippen LogP contribution in [0.5, 0.6) is 0 Å². The fourth-order valence-corrected chi connectivity index (χ4v) is 2.76. The first-order valence-electron chi connectivity index (χ1n) is 7.65. The molecule has 0 saturated carbocycles. The van der Waals surface area contributed by atoms with Crippen LogP contribution in [-0.4, -0.2) is 0 Å². The maximum absolute atomic E-state index is 4.23. The zero-order valence-corrected chi connectivity index (χ0v) is 12.8. The summed E-state index contributed by atoms with van der Waals surface area (Å²) in [6.07, 6.45) is 14.9. The average molecular weight is 284 g/mol. The van der Waals surface area contributed by atoms with Crippen molar-refractivity contribution < 1.29 is 0 Å². The molecule has 0 N–H and O–H groups in total. The van der Waals surface area contributed by atoms with Gasteiger partial charge in [-0.05, 0) is 45.2 Å². The Balaban J connectivity index is 1.90. The van der Waals surface area contributed by atoms with E-state index >= 15 is 0 Å². The van der Waals surface area contributed by atoms with Crippen molar-refractivity contribution in [1.82, 2.24) is 0 Å². The van der Waals surface area contributed by atoms with Gasteiger partial charge in [0.15, 0.2) is 0 Å². The predicted molar refractivity (Wildman–Crippen MR) is 97.9 cm³/mol. The molecule has 0 atom stereocenters. The van der Waals surface area contributed by atoms with E-state index in [9.17, 15) is 0 Å². The van der Waals surface area contributed by atoms with Crippen LogP contribution in [0.1, 0.15) is 12.8 Å². The second-order valence-electron chi connectivity index (χ2n) is 5.57. The Morgan fingerprint density at radius 3 is 2.45 bits per heavy atom. The third-order valence-corrected chi connectivity index (χ3v) is 4.14. The second kappa shape index (κ2) is 6.44. The van der Waals surface area contributed by atoms with Gasteiger partial charge in [0.05, 0.1) is 0 Å². The lowest BCUT2D eigenvalue weighted by Crippen LogP contribution is -2.22. The number of allylic oxidation sites excluding steroid dienone is 7. The highest BCUT2D eigenvalue weighted by molar-refractivity contribution is 5.83. The maximum Gasteiger partial charge on any atom is -0.0111 e. The van der Waals surface area contributed by atoms with Crippen LogP contribution in [0.4, 0.5) is 0 Å². The fraction of sp³-hybridized carbons (Fsp3) is 0.0909. The highest BCUT2D eigenvalue weighted by Crippen LogP contribution is 2.19. The first kappa shape index (κ1) is 14.3. The summed E-state index contributed by atoms with van der Waals surface area (Å²) < 4.78 is 0. The second-order valence-corrected chi connectivity index (χ2v) is 5.57. The minimum absolute atomic E-state index is 1.08. The Labute approximate surface area is 131 Å². The van der Waals surface area contributed by atoms with Crippen LogP contribution < -0.4 is 10.4 Å². The van der Waals surface area contributed by atoms with E-state index in [1.165, 1.54) is 27.1 Å². The molecule has 0 saturated heterocycles. The first-order valence-corrected chi connectivity index (χ1v) is 7.65. The van der Waals surface area contributed by atoms with Crippen molar-refractivity contribution in [2.75, 3.05) is 0 Å². The molecule has 0 fully saturated rings. The van der Waals surface area contributed by atoms with Gasteiger partial charge in [0.25, 0.3) is 0 Å². The summed E-state index contributed by atoms with van der Waals surface area (Å²) in [4.78, 5) is 0. The van der Waals surface area contributed by atoms with E-state index in [0.29, 0.717) is 0 Å². The van der Waals surface area contributed by atoms with E-state index in [0.717, 1.165) is 18.1 Å². The molecule has 0 nitrogen and oxygen atoms in total. The van der Waals surface area contributed by atoms with Gasteiger partial charge in [0.2, 0.25) is 0 Å². The highest BCUT2D eigenvalue weighted by atomic mass is 14.1. The molecule has 0 bridgehead atoms. The molecule has 0 aliphatic heterocycles. The SMILES string of the molecule is C=CC1=CC=C(/C=C/C=c2\ccc3ccccc3c2=C)CC1. The molecule has 0 heterocycles. The molecular formula is C22H20. The summed E-state index contributed by atoms with van der Waals surface area (Å²) in [6, 6.07) is 12.7. The third-order valence-electron chi connectivity index (χ3n) is 4.14. The monoisotopic (exact) mass is 284 g/mol. The molecule has 3 rings (SSSR count). The minimum atomic E-state index is 1.08. The predicted octanol–water partition coefficient (Wildman–Crippen LogP) is 4.42. The number of fused-ring (bicyclic) bond motifs is 1. The quantitative estimate of drug-likeness (QED) is 0.782. The maximum atomic E-state index is 4.23. The van der Waals surface area contributed by atoms with E-state index in [4.69, 9.17) is 0 Å². The van der Waals surface area contributed by atoms with E-state index in [2.05, 4.69) is 79.9 Å². The van der Waals surface area contributed by atoms with Crippen LogP contribution in [-0.2, 0) is 0 Å². The smallest absolute Gasteiger partial charge is 0.0111 e. The van der Waals surface area contributed by atoms with Crippen molar-refractivity contribution in [3.8, 4) is 0 Å². The van der Waals surface area contributed by atoms with Crippen molar-refractivity contribution in [2.24, 2.45) is 0 Å². The summed E-state index contributed by atoms with van der Waals surface area (Å²) >= 11 is 0. The zero-order chi connectivity index (χ0) is 15.4. The van der Waals surface area contributed by atoms with Gasteiger partial charge in [0.1, 0.15) is 0 Å². The molecule has 0 radical (unpaired) electrons. The lowest BCUT2D eigenvalue weighted by atomic mass is 9.98. The molecule has 2 aromatic carbocycles. The van der Waals surface area contributed by atoms with Gasteiger partial charge in [-0.1, -0.05) is 86.0 Å². The molecule has 1 aliphatic rings. The minimum Gasteiger partial charge on any atom is -0.0988 e. The van der Waals surface area contributed by atoms with Gasteiger partial charge >= 0.3 is 0 Å². The van der Waals surface area contributed by atoms with Crippen molar-refractivity contribution in [2.45, 2.75) is 12.8 Å². The van der Waals surface area contributed by atoms with Gasteiger partial charge in [-0.25, -0.2) is 0 Å².